The maximum atomic E-state index is 14.3. The van der Waals surface area contributed by atoms with E-state index in [1.54, 1.807) is 36.0 Å². The molecular formula is C15H12FN7. The Morgan fingerprint density at radius 2 is 2.04 bits per heavy atom. The molecule has 0 aliphatic rings. The normalized spacial score (nSPS) is 11.2. The molecule has 0 saturated heterocycles. The standard InChI is InChI=1S/C15H12FN7/c1-9-19-14(22-21-9)15-20-12(5-10-6-17-8-18-7-10)13-11(16)3-2-4-23(13)15/h2-4,6-8H,5H2,1H3,(H,19,21,22). The van der Waals surface area contributed by atoms with Gasteiger partial charge in [-0.25, -0.2) is 24.3 Å². The first-order valence-corrected chi connectivity index (χ1v) is 7.01. The number of halogens is 1. The average Bonchev–Trinajstić information content (AvgIpc) is 3.13. The molecule has 0 saturated carbocycles. The molecule has 7 nitrogen and oxygen atoms in total. The van der Waals surface area contributed by atoms with Gasteiger partial charge in [-0.3, -0.25) is 9.50 Å². The number of pyridine rings is 1. The molecule has 23 heavy (non-hydrogen) atoms. The summed E-state index contributed by atoms with van der Waals surface area (Å²) >= 11 is 0. The number of aromatic nitrogens is 7. The van der Waals surface area contributed by atoms with E-state index in [0.29, 0.717) is 35.1 Å². The molecule has 114 valence electrons. The van der Waals surface area contributed by atoms with E-state index in [2.05, 4.69) is 30.1 Å². The van der Waals surface area contributed by atoms with Gasteiger partial charge < -0.3 is 0 Å². The van der Waals surface area contributed by atoms with Crippen molar-refractivity contribution >= 4 is 5.52 Å². The molecule has 0 spiro atoms. The molecule has 0 atom stereocenters. The van der Waals surface area contributed by atoms with Gasteiger partial charge in [-0.15, -0.1) is 0 Å². The molecule has 8 heteroatoms. The van der Waals surface area contributed by atoms with Gasteiger partial charge >= 0.3 is 0 Å². The molecule has 0 radical (unpaired) electrons. The molecule has 0 aliphatic carbocycles. The van der Waals surface area contributed by atoms with Gasteiger partial charge in [0, 0.05) is 25.0 Å². The Morgan fingerprint density at radius 3 is 2.78 bits per heavy atom. The summed E-state index contributed by atoms with van der Waals surface area (Å²) in [5.41, 5.74) is 1.86. The van der Waals surface area contributed by atoms with Crippen LogP contribution in [0.4, 0.5) is 4.39 Å². The van der Waals surface area contributed by atoms with Crippen LogP contribution in [0.5, 0.6) is 0 Å². The number of nitrogens with one attached hydrogen (secondary N) is 1. The summed E-state index contributed by atoms with van der Waals surface area (Å²) in [6.07, 6.45) is 7.01. The van der Waals surface area contributed by atoms with E-state index >= 15 is 0 Å². The minimum Gasteiger partial charge on any atom is -0.294 e. The lowest BCUT2D eigenvalue weighted by Crippen LogP contribution is -1.94. The number of hydrogen-bond acceptors (Lipinski definition) is 5. The van der Waals surface area contributed by atoms with Gasteiger partial charge in [0.05, 0.1) is 5.69 Å². The molecule has 0 fully saturated rings. The first kappa shape index (κ1) is 13.5. The zero-order valence-electron chi connectivity index (χ0n) is 12.2. The van der Waals surface area contributed by atoms with Crippen molar-refractivity contribution in [3.63, 3.8) is 0 Å². The summed E-state index contributed by atoms with van der Waals surface area (Å²) < 4.78 is 16.0. The lowest BCUT2D eigenvalue weighted by molar-refractivity contribution is 0.632. The fraction of sp³-hybridized carbons (Fsp3) is 0.133. The zero-order chi connectivity index (χ0) is 15.8. The number of rotatable bonds is 3. The molecule has 4 aromatic heterocycles. The maximum Gasteiger partial charge on any atom is 0.217 e. The largest absolute Gasteiger partial charge is 0.294 e. The summed E-state index contributed by atoms with van der Waals surface area (Å²) in [5.74, 6) is 1.26. The molecule has 0 amide bonds. The van der Waals surface area contributed by atoms with Crippen molar-refractivity contribution < 1.29 is 4.39 Å². The van der Waals surface area contributed by atoms with Crippen molar-refractivity contribution in [3.8, 4) is 11.6 Å². The Kier molecular flexibility index (Phi) is 3.07. The van der Waals surface area contributed by atoms with Crippen LogP contribution in [0.1, 0.15) is 17.1 Å². The molecule has 0 unspecified atom stereocenters. The van der Waals surface area contributed by atoms with Crippen molar-refractivity contribution in [3.05, 3.63) is 59.9 Å². The van der Waals surface area contributed by atoms with Gasteiger partial charge in [-0.05, 0) is 24.6 Å². The zero-order valence-corrected chi connectivity index (χ0v) is 12.2. The predicted molar refractivity (Wildman–Crippen MR) is 80.1 cm³/mol. The summed E-state index contributed by atoms with van der Waals surface area (Å²) in [4.78, 5) is 16.8. The highest BCUT2D eigenvalue weighted by molar-refractivity contribution is 5.62. The lowest BCUT2D eigenvalue weighted by Gasteiger charge is -2.00. The Labute approximate surface area is 130 Å². The maximum absolute atomic E-state index is 14.3. The summed E-state index contributed by atoms with van der Waals surface area (Å²) in [6.45, 7) is 1.80. The van der Waals surface area contributed by atoms with E-state index in [1.807, 2.05) is 0 Å². The first-order chi connectivity index (χ1) is 11.2. The molecule has 4 heterocycles. The summed E-state index contributed by atoms with van der Waals surface area (Å²) in [6, 6.07) is 3.04. The highest BCUT2D eigenvalue weighted by Gasteiger charge is 2.18. The minimum absolute atomic E-state index is 0.342. The second kappa shape index (κ2) is 5.24. The van der Waals surface area contributed by atoms with E-state index in [0.717, 1.165) is 5.56 Å². The van der Waals surface area contributed by atoms with Crippen LogP contribution in [0, 0.1) is 12.7 Å². The van der Waals surface area contributed by atoms with Crippen molar-refractivity contribution in [1.82, 2.24) is 34.5 Å². The van der Waals surface area contributed by atoms with E-state index < -0.39 is 0 Å². The number of nitrogens with zero attached hydrogens (tertiary/aromatic N) is 6. The monoisotopic (exact) mass is 309 g/mol. The predicted octanol–water partition coefficient (Wildman–Crippen LogP) is 1.95. The van der Waals surface area contributed by atoms with Gasteiger partial charge in [0.1, 0.15) is 23.5 Å². The number of H-pyrrole nitrogens is 1. The van der Waals surface area contributed by atoms with Crippen LogP contribution in [0.15, 0.2) is 37.1 Å². The van der Waals surface area contributed by atoms with Crippen molar-refractivity contribution in [2.45, 2.75) is 13.3 Å². The summed E-state index contributed by atoms with van der Waals surface area (Å²) in [5, 5.41) is 6.90. The summed E-state index contributed by atoms with van der Waals surface area (Å²) in [7, 11) is 0. The Bertz CT molecular complexity index is 974. The second-order valence-corrected chi connectivity index (χ2v) is 5.12. The lowest BCUT2D eigenvalue weighted by atomic mass is 10.1. The SMILES string of the molecule is Cc1nc(-c2nc(Cc3cncnc3)c3c(F)cccn23)n[nH]1. The van der Waals surface area contributed by atoms with Gasteiger partial charge in [0.25, 0.3) is 0 Å². The fourth-order valence-electron chi connectivity index (χ4n) is 2.51. The molecule has 0 aromatic carbocycles. The molecule has 1 N–H and O–H groups in total. The van der Waals surface area contributed by atoms with Crippen molar-refractivity contribution in [2.75, 3.05) is 0 Å². The molecule has 4 aromatic rings. The molecule has 0 aliphatic heterocycles. The number of imidazole rings is 1. The first-order valence-electron chi connectivity index (χ1n) is 7.01. The van der Waals surface area contributed by atoms with Crippen LogP contribution >= 0.6 is 0 Å². The smallest absolute Gasteiger partial charge is 0.217 e. The third-order valence-electron chi connectivity index (χ3n) is 3.47. The quantitative estimate of drug-likeness (QED) is 0.625. The molecular weight excluding hydrogens is 297 g/mol. The fourth-order valence-corrected chi connectivity index (χ4v) is 2.51. The van der Waals surface area contributed by atoms with Crippen LogP contribution in [0.3, 0.4) is 0 Å². The molecule has 4 rings (SSSR count). The number of hydrogen-bond donors (Lipinski definition) is 1. The highest BCUT2D eigenvalue weighted by atomic mass is 19.1. The van der Waals surface area contributed by atoms with Crippen LogP contribution in [-0.4, -0.2) is 34.5 Å². The minimum atomic E-state index is -0.342. The second-order valence-electron chi connectivity index (χ2n) is 5.12. The van der Waals surface area contributed by atoms with Gasteiger partial charge in [0.15, 0.2) is 5.82 Å². The van der Waals surface area contributed by atoms with Gasteiger partial charge in [0.2, 0.25) is 5.82 Å². The Hall–Kier alpha value is -3.16. The topological polar surface area (TPSA) is 84.7 Å². The van der Waals surface area contributed by atoms with E-state index in [-0.39, 0.29) is 5.82 Å². The Morgan fingerprint density at radius 1 is 1.22 bits per heavy atom. The van der Waals surface area contributed by atoms with E-state index in [4.69, 9.17) is 0 Å². The van der Waals surface area contributed by atoms with Crippen LogP contribution in [0.2, 0.25) is 0 Å². The third-order valence-corrected chi connectivity index (χ3v) is 3.47. The van der Waals surface area contributed by atoms with Crippen LogP contribution < -0.4 is 0 Å². The average molecular weight is 309 g/mol. The number of fused-ring (bicyclic) bond motifs is 1. The van der Waals surface area contributed by atoms with Crippen molar-refractivity contribution in [2.24, 2.45) is 0 Å². The van der Waals surface area contributed by atoms with E-state index in [1.165, 1.54) is 12.4 Å². The highest BCUT2D eigenvalue weighted by Crippen LogP contribution is 2.24. The molecule has 0 bridgehead atoms. The Balaban J connectivity index is 1.91. The van der Waals surface area contributed by atoms with Crippen LogP contribution in [-0.2, 0) is 6.42 Å². The number of aryl methyl sites for hydroxylation is 1. The van der Waals surface area contributed by atoms with Gasteiger partial charge in [-0.1, -0.05) is 0 Å². The van der Waals surface area contributed by atoms with Gasteiger partial charge in [-0.2, -0.15) is 5.10 Å². The van der Waals surface area contributed by atoms with Crippen molar-refractivity contribution in [1.29, 1.82) is 0 Å². The third kappa shape index (κ3) is 2.33. The van der Waals surface area contributed by atoms with Crippen LogP contribution in [0.25, 0.3) is 17.2 Å². The number of aromatic amines is 1. The van der Waals surface area contributed by atoms with E-state index in [9.17, 15) is 4.39 Å².